The van der Waals surface area contributed by atoms with Gasteiger partial charge >= 0.3 is 0 Å². The molecule has 0 saturated carbocycles. The predicted octanol–water partition coefficient (Wildman–Crippen LogP) is 5.62. The molecule has 0 aliphatic carbocycles. The zero-order valence-electron chi connectivity index (χ0n) is 24.9. The van der Waals surface area contributed by atoms with Crippen molar-refractivity contribution in [1.29, 1.82) is 0 Å². The summed E-state index contributed by atoms with van der Waals surface area (Å²) in [6, 6.07) is 26.2. The number of nitrogens with one attached hydrogen (secondary N) is 2. The average Bonchev–Trinajstić information content (AvgIpc) is 3.00. The lowest BCUT2D eigenvalue weighted by atomic mass is 9.99. The monoisotopic (exact) mass is 589 g/mol. The number of halogens is 1. The molecule has 0 spiro atoms. The minimum atomic E-state index is -0.212. The summed E-state index contributed by atoms with van der Waals surface area (Å²) in [5.74, 6) is 1.10. The van der Waals surface area contributed by atoms with Crippen molar-refractivity contribution in [2.24, 2.45) is 0 Å². The zero-order chi connectivity index (χ0) is 30.1. The molecule has 0 aliphatic heterocycles. The summed E-state index contributed by atoms with van der Waals surface area (Å²) >= 11 is 6.12. The number of hydrogen-bond acceptors (Lipinski definition) is 6. The number of likely N-dealkylation sites (N-methyl/N-ethyl adjacent to an activating group) is 2. The molecule has 0 saturated heterocycles. The molecule has 1 amide bonds. The van der Waals surface area contributed by atoms with Crippen LogP contribution in [0, 0.1) is 0 Å². The molecule has 2 atom stereocenters. The SMILES string of the molecule is CNCC(Cc1ccc(Cl)cc1)N(C)C[C@H](Cc1ccc2ccccc2c1)NC(=O)c1cc(OC)c(OC)c(OC)c1. The quantitative estimate of drug-likeness (QED) is 0.199. The molecule has 42 heavy (non-hydrogen) atoms. The summed E-state index contributed by atoms with van der Waals surface area (Å²) in [5.41, 5.74) is 2.79. The lowest BCUT2D eigenvalue weighted by molar-refractivity contribution is 0.0920. The van der Waals surface area contributed by atoms with Crippen LogP contribution in [0.2, 0.25) is 5.02 Å². The normalized spacial score (nSPS) is 12.6. The highest BCUT2D eigenvalue weighted by Crippen LogP contribution is 2.38. The average molecular weight is 590 g/mol. The van der Waals surface area contributed by atoms with Crippen LogP contribution in [0.15, 0.2) is 78.9 Å². The Hall–Kier alpha value is -3.78. The Bertz CT molecular complexity index is 1450. The number of nitrogens with zero attached hydrogens (tertiary/aromatic N) is 1. The fourth-order valence-electron chi connectivity index (χ4n) is 5.30. The van der Waals surface area contributed by atoms with E-state index in [2.05, 4.69) is 65.0 Å². The van der Waals surface area contributed by atoms with Crippen LogP contribution in [0.4, 0.5) is 0 Å². The van der Waals surface area contributed by atoms with Crippen LogP contribution in [0.5, 0.6) is 17.2 Å². The summed E-state index contributed by atoms with van der Waals surface area (Å²) in [5, 5.41) is 9.72. The Morgan fingerprint density at radius 1 is 0.833 bits per heavy atom. The van der Waals surface area contributed by atoms with E-state index in [1.165, 1.54) is 16.3 Å². The van der Waals surface area contributed by atoms with E-state index in [9.17, 15) is 4.79 Å². The molecule has 0 bridgehead atoms. The van der Waals surface area contributed by atoms with Crippen molar-refractivity contribution in [3.63, 3.8) is 0 Å². The van der Waals surface area contributed by atoms with Gasteiger partial charge in [-0.3, -0.25) is 9.69 Å². The van der Waals surface area contributed by atoms with Crippen molar-refractivity contribution < 1.29 is 19.0 Å². The number of amides is 1. The molecule has 8 heteroatoms. The second-order valence-electron chi connectivity index (χ2n) is 10.5. The van der Waals surface area contributed by atoms with Crippen LogP contribution >= 0.6 is 11.6 Å². The molecule has 0 radical (unpaired) electrons. The van der Waals surface area contributed by atoms with E-state index in [1.54, 1.807) is 33.5 Å². The van der Waals surface area contributed by atoms with E-state index < -0.39 is 0 Å². The molecule has 1 unspecified atom stereocenters. The number of rotatable bonds is 14. The number of carbonyl (C=O) groups is 1. The van der Waals surface area contributed by atoms with Crippen LogP contribution < -0.4 is 24.8 Å². The molecule has 0 fully saturated rings. The maximum atomic E-state index is 13.7. The molecule has 4 rings (SSSR count). The number of fused-ring (bicyclic) bond motifs is 1. The second-order valence-corrected chi connectivity index (χ2v) is 10.9. The smallest absolute Gasteiger partial charge is 0.251 e. The van der Waals surface area contributed by atoms with Gasteiger partial charge in [-0.2, -0.15) is 0 Å². The lowest BCUT2D eigenvalue weighted by Crippen LogP contribution is -2.49. The molecule has 0 aliphatic rings. The van der Waals surface area contributed by atoms with E-state index in [4.69, 9.17) is 25.8 Å². The summed E-state index contributed by atoms with van der Waals surface area (Å²) in [7, 11) is 8.69. The van der Waals surface area contributed by atoms with Crippen molar-refractivity contribution in [3.8, 4) is 17.2 Å². The summed E-state index contributed by atoms with van der Waals surface area (Å²) in [6.07, 6.45) is 1.51. The minimum absolute atomic E-state index is 0.174. The van der Waals surface area contributed by atoms with Crippen LogP contribution in [-0.2, 0) is 12.8 Å². The summed E-state index contributed by atoms with van der Waals surface area (Å²) in [6.45, 7) is 1.44. The van der Waals surface area contributed by atoms with Crippen molar-refractivity contribution in [1.82, 2.24) is 15.5 Å². The highest BCUT2D eigenvalue weighted by atomic mass is 35.5. The van der Waals surface area contributed by atoms with Crippen molar-refractivity contribution in [2.75, 3.05) is 48.5 Å². The third kappa shape index (κ3) is 7.94. The number of benzene rings is 4. The number of carbonyl (C=O) groups excluding carboxylic acids is 1. The van der Waals surface area contributed by atoms with Crippen molar-refractivity contribution in [3.05, 3.63) is 101 Å². The molecule has 0 aromatic heterocycles. The topological polar surface area (TPSA) is 72.1 Å². The first-order valence-corrected chi connectivity index (χ1v) is 14.4. The standard InChI is InChI=1S/C34H40ClN3O4/c1-36-21-30(18-23-11-14-28(35)15-12-23)38(2)22-29(17-24-10-13-25-8-6-7-9-26(25)16-24)37-34(39)27-19-31(40-3)33(42-5)32(20-27)41-4/h6-16,19-20,29-30,36H,17-18,21-22H2,1-5H3,(H,37,39)/t29-,30?/m0/s1. The van der Waals surface area contributed by atoms with Crippen LogP contribution in [-0.4, -0.2) is 71.4 Å². The van der Waals surface area contributed by atoms with Gasteiger partial charge in [0, 0.05) is 35.8 Å². The molecule has 0 heterocycles. The summed E-state index contributed by atoms with van der Waals surface area (Å²) < 4.78 is 16.4. The fourth-order valence-corrected chi connectivity index (χ4v) is 5.43. The Balaban J connectivity index is 1.60. The highest BCUT2D eigenvalue weighted by molar-refractivity contribution is 6.30. The molecule has 2 N–H and O–H groups in total. The number of methoxy groups -OCH3 is 3. The maximum Gasteiger partial charge on any atom is 0.251 e. The molecule has 4 aromatic carbocycles. The second kappa shape index (κ2) is 14.9. The van der Waals surface area contributed by atoms with Crippen LogP contribution in [0.3, 0.4) is 0 Å². The molecular weight excluding hydrogens is 550 g/mol. The van der Waals surface area contributed by atoms with E-state index in [0.717, 1.165) is 23.6 Å². The van der Waals surface area contributed by atoms with Gasteiger partial charge in [0.2, 0.25) is 5.75 Å². The Morgan fingerprint density at radius 2 is 1.48 bits per heavy atom. The number of ether oxygens (including phenoxy) is 3. The van der Waals surface area contributed by atoms with Crippen molar-refractivity contribution in [2.45, 2.75) is 24.9 Å². The molecule has 7 nitrogen and oxygen atoms in total. The minimum Gasteiger partial charge on any atom is -0.493 e. The Kier molecular flexibility index (Phi) is 11.1. The van der Waals surface area contributed by atoms with Gasteiger partial charge in [-0.1, -0.05) is 66.2 Å². The maximum absolute atomic E-state index is 13.7. The predicted molar refractivity (Wildman–Crippen MR) is 171 cm³/mol. The third-order valence-corrected chi connectivity index (χ3v) is 7.77. The molecule has 222 valence electrons. The van der Waals surface area contributed by atoms with E-state index in [-0.39, 0.29) is 18.0 Å². The van der Waals surface area contributed by atoms with Gasteiger partial charge in [0.15, 0.2) is 11.5 Å². The highest BCUT2D eigenvalue weighted by Gasteiger charge is 2.23. The first-order valence-electron chi connectivity index (χ1n) is 14.0. The van der Waals surface area contributed by atoms with Gasteiger partial charge in [0.1, 0.15) is 0 Å². The van der Waals surface area contributed by atoms with Gasteiger partial charge < -0.3 is 24.8 Å². The third-order valence-electron chi connectivity index (χ3n) is 7.51. The fraction of sp³-hybridized carbons (Fsp3) is 0.324. The Morgan fingerprint density at radius 3 is 2.10 bits per heavy atom. The van der Waals surface area contributed by atoms with Gasteiger partial charge in [-0.15, -0.1) is 0 Å². The van der Waals surface area contributed by atoms with Crippen LogP contribution in [0.25, 0.3) is 10.8 Å². The van der Waals surface area contributed by atoms with Gasteiger partial charge in [-0.25, -0.2) is 0 Å². The molecular formula is C34H40ClN3O4. The van der Waals surface area contributed by atoms with Crippen molar-refractivity contribution >= 4 is 28.3 Å². The molecule has 4 aromatic rings. The van der Waals surface area contributed by atoms with Gasteiger partial charge in [-0.05, 0) is 73.1 Å². The first kappa shape index (κ1) is 31.2. The summed E-state index contributed by atoms with van der Waals surface area (Å²) in [4.78, 5) is 16.0. The van der Waals surface area contributed by atoms with Gasteiger partial charge in [0.25, 0.3) is 5.91 Å². The van der Waals surface area contributed by atoms with E-state index >= 15 is 0 Å². The lowest BCUT2D eigenvalue weighted by Gasteiger charge is -2.32. The van der Waals surface area contributed by atoms with E-state index in [0.29, 0.717) is 35.8 Å². The Labute approximate surface area is 253 Å². The largest absolute Gasteiger partial charge is 0.493 e. The van der Waals surface area contributed by atoms with Crippen LogP contribution in [0.1, 0.15) is 21.5 Å². The van der Waals surface area contributed by atoms with E-state index in [1.807, 2.05) is 31.3 Å². The first-order chi connectivity index (χ1) is 20.3. The zero-order valence-corrected chi connectivity index (χ0v) is 25.7. The number of hydrogen-bond donors (Lipinski definition) is 2. The van der Waals surface area contributed by atoms with Gasteiger partial charge in [0.05, 0.1) is 21.3 Å².